The normalized spacial score (nSPS) is 37.5. The lowest BCUT2D eigenvalue weighted by atomic mass is 9.51. The van der Waals surface area contributed by atoms with Gasteiger partial charge in [0, 0.05) is 12.1 Å². The van der Waals surface area contributed by atoms with Gasteiger partial charge in [0.05, 0.1) is 5.69 Å². The summed E-state index contributed by atoms with van der Waals surface area (Å²) in [5, 5.41) is 0. The fourth-order valence-corrected chi connectivity index (χ4v) is 6.37. The van der Waals surface area contributed by atoms with Gasteiger partial charge >= 0.3 is 0 Å². The molecule has 0 saturated heterocycles. The van der Waals surface area contributed by atoms with Crippen LogP contribution in [0.2, 0.25) is 0 Å². The van der Waals surface area contributed by atoms with Crippen LogP contribution in [0, 0.1) is 30.6 Å². The van der Waals surface area contributed by atoms with Gasteiger partial charge in [0.25, 0.3) is 0 Å². The molecule has 0 aliphatic heterocycles. The number of fused-ring (bicyclic) bond motifs is 1. The number of imidazole rings is 1. The smallest absolute Gasteiger partial charge is 0.138 e. The zero-order valence-electron chi connectivity index (χ0n) is 12.4. The summed E-state index contributed by atoms with van der Waals surface area (Å²) in [6.45, 7) is 2.14. The average molecular weight is 345 g/mol. The molecule has 0 amide bonds. The molecule has 2 aromatic rings. The van der Waals surface area contributed by atoms with Gasteiger partial charge in [0.1, 0.15) is 10.3 Å². The minimum atomic E-state index is 0.701. The topological polar surface area (TPSA) is 17.3 Å². The maximum atomic E-state index is 5.04. The minimum absolute atomic E-state index is 0.701. The largest absolute Gasteiger partial charge is 0.294 e. The highest BCUT2D eigenvalue weighted by atomic mass is 79.9. The number of aryl methyl sites for hydroxylation is 1. The van der Waals surface area contributed by atoms with E-state index in [1.54, 1.807) is 0 Å². The minimum Gasteiger partial charge on any atom is -0.294 e. The highest BCUT2D eigenvalue weighted by Gasteiger charge is 2.49. The van der Waals surface area contributed by atoms with Crippen LogP contribution in [0.1, 0.15) is 49.3 Å². The Hall–Kier alpha value is -0.830. The fraction of sp³-hybridized carbons (Fsp3) is 0.611. The molecule has 2 aromatic heterocycles. The molecule has 2 heterocycles. The van der Waals surface area contributed by atoms with Gasteiger partial charge in [0.15, 0.2) is 0 Å². The van der Waals surface area contributed by atoms with Gasteiger partial charge in [-0.1, -0.05) is 0 Å². The van der Waals surface area contributed by atoms with Crippen molar-refractivity contribution in [1.29, 1.82) is 0 Å². The van der Waals surface area contributed by atoms with E-state index in [-0.39, 0.29) is 0 Å². The molecular weight excluding hydrogens is 324 g/mol. The van der Waals surface area contributed by atoms with E-state index in [9.17, 15) is 0 Å². The van der Waals surface area contributed by atoms with Crippen molar-refractivity contribution < 1.29 is 0 Å². The number of nitrogens with zero attached hydrogens (tertiary/aromatic N) is 2. The van der Waals surface area contributed by atoms with E-state index < -0.39 is 0 Å². The Morgan fingerprint density at radius 3 is 2.43 bits per heavy atom. The van der Waals surface area contributed by atoms with E-state index in [1.807, 2.05) is 0 Å². The molecule has 0 unspecified atom stereocenters. The van der Waals surface area contributed by atoms with Gasteiger partial charge in [-0.15, -0.1) is 0 Å². The second-order valence-corrected chi connectivity index (χ2v) is 8.43. The highest BCUT2D eigenvalue weighted by molar-refractivity contribution is 9.10. The maximum Gasteiger partial charge on any atom is 0.138 e. The van der Waals surface area contributed by atoms with Crippen LogP contribution in [-0.2, 0) is 0 Å². The summed E-state index contributed by atoms with van der Waals surface area (Å²) in [4.78, 5) is 5.04. The first-order valence-electron chi connectivity index (χ1n) is 8.33. The van der Waals surface area contributed by atoms with E-state index in [2.05, 4.69) is 45.6 Å². The summed E-state index contributed by atoms with van der Waals surface area (Å²) < 4.78 is 3.42. The summed E-state index contributed by atoms with van der Waals surface area (Å²) in [7, 11) is 0. The summed E-state index contributed by atoms with van der Waals surface area (Å²) in [6.07, 6.45) is 9.49. The van der Waals surface area contributed by atoms with Crippen molar-refractivity contribution in [1.82, 2.24) is 9.38 Å². The predicted molar refractivity (Wildman–Crippen MR) is 87.4 cm³/mol. The molecule has 0 radical (unpaired) electrons. The zero-order chi connectivity index (χ0) is 14.1. The summed E-state index contributed by atoms with van der Waals surface area (Å²) >= 11 is 3.85. The first-order chi connectivity index (χ1) is 10.2. The summed E-state index contributed by atoms with van der Waals surface area (Å²) in [6, 6.07) is 4.37. The number of rotatable bonds is 1. The molecule has 110 valence electrons. The Labute approximate surface area is 134 Å². The molecule has 0 spiro atoms. The molecule has 0 aromatic carbocycles. The van der Waals surface area contributed by atoms with Gasteiger partial charge in [-0.25, -0.2) is 4.98 Å². The first-order valence-corrected chi connectivity index (χ1v) is 9.12. The van der Waals surface area contributed by atoms with Crippen molar-refractivity contribution in [3.63, 3.8) is 0 Å². The average Bonchev–Trinajstić information content (AvgIpc) is 2.74. The molecule has 4 fully saturated rings. The van der Waals surface area contributed by atoms with Gasteiger partial charge < -0.3 is 0 Å². The Morgan fingerprint density at radius 2 is 1.76 bits per heavy atom. The number of hydrogen-bond acceptors (Lipinski definition) is 1. The van der Waals surface area contributed by atoms with Crippen molar-refractivity contribution in [3.8, 4) is 0 Å². The van der Waals surface area contributed by atoms with Crippen molar-refractivity contribution >= 4 is 21.6 Å². The molecule has 4 aliphatic rings. The molecule has 0 atom stereocenters. The van der Waals surface area contributed by atoms with Crippen LogP contribution in [0.15, 0.2) is 22.9 Å². The predicted octanol–water partition coefficient (Wildman–Crippen LogP) is 4.94. The molecule has 21 heavy (non-hydrogen) atoms. The monoisotopic (exact) mass is 344 g/mol. The van der Waals surface area contributed by atoms with Gasteiger partial charge in [-0.3, -0.25) is 4.40 Å². The molecule has 4 saturated carbocycles. The SMILES string of the molecule is Cc1ccn2c(Br)c(C3C4CC5CC(C4)CC3C5)nc2c1. The lowest BCUT2D eigenvalue weighted by Gasteiger charge is -2.54. The van der Waals surface area contributed by atoms with Crippen LogP contribution < -0.4 is 0 Å². The number of halogens is 1. The van der Waals surface area contributed by atoms with Crippen molar-refractivity contribution in [2.24, 2.45) is 23.7 Å². The molecule has 0 N–H and O–H groups in total. The molecule has 6 rings (SSSR count). The summed E-state index contributed by atoms with van der Waals surface area (Å²) in [5.41, 5.74) is 3.73. The lowest BCUT2D eigenvalue weighted by Crippen LogP contribution is -2.44. The zero-order valence-corrected chi connectivity index (χ0v) is 14.0. The second-order valence-electron chi connectivity index (χ2n) is 7.68. The fourth-order valence-electron chi connectivity index (χ4n) is 5.72. The van der Waals surface area contributed by atoms with E-state index in [1.165, 1.54) is 48.0 Å². The van der Waals surface area contributed by atoms with Crippen LogP contribution >= 0.6 is 15.9 Å². The van der Waals surface area contributed by atoms with Gasteiger partial charge in [-0.2, -0.15) is 0 Å². The molecule has 3 heteroatoms. The van der Waals surface area contributed by atoms with Crippen LogP contribution in [-0.4, -0.2) is 9.38 Å². The number of hydrogen-bond donors (Lipinski definition) is 0. The third kappa shape index (κ3) is 1.79. The second kappa shape index (κ2) is 4.34. The third-order valence-corrected chi connectivity index (χ3v) is 7.08. The van der Waals surface area contributed by atoms with Crippen molar-refractivity contribution in [2.45, 2.75) is 44.9 Å². The number of aromatic nitrogens is 2. The van der Waals surface area contributed by atoms with Gasteiger partial charge in [0.2, 0.25) is 0 Å². The van der Waals surface area contributed by atoms with Gasteiger partial charge in [-0.05, 0) is 96.3 Å². The third-order valence-electron chi connectivity index (χ3n) is 6.29. The van der Waals surface area contributed by atoms with Crippen LogP contribution in [0.25, 0.3) is 5.65 Å². The van der Waals surface area contributed by atoms with Crippen molar-refractivity contribution in [2.75, 3.05) is 0 Å². The van der Waals surface area contributed by atoms with Crippen LogP contribution in [0.5, 0.6) is 0 Å². The Bertz CT molecular complexity index is 689. The summed E-state index contributed by atoms with van der Waals surface area (Å²) in [5.74, 6) is 4.54. The number of pyridine rings is 1. The maximum absolute atomic E-state index is 5.04. The van der Waals surface area contributed by atoms with Crippen LogP contribution in [0.3, 0.4) is 0 Å². The Balaban J connectivity index is 1.62. The highest BCUT2D eigenvalue weighted by Crippen LogP contribution is 2.60. The quantitative estimate of drug-likeness (QED) is 0.715. The Morgan fingerprint density at radius 1 is 1.10 bits per heavy atom. The lowest BCUT2D eigenvalue weighted by molar-refractivity contribution is -0.00424. The molecule has 4 bridgehead atoms. The van der Waals surface area contributed by atoms with Crippen molar-refractivity contribution in [3.05, 3.63) is 34.2 Å². The molecule has 4 aliphatic carbocycles. The first kappa shape index (κ1) is 12.7. The molecular formula is C18H21BrN2. The standard InChI is InChI=1S/C18H21BrN2/c1-10-2-3-21-15(4-10)20-17(18(21)19)16-13-6-11-5-12(8-13)9-14(16)7-11/h2-4,11-14,16H,5-9H2,1H3. The van der Waals surface area contributed by atoms with E-state index in [0.29, 0.717) is 5.92 Å². The van der Waals surface area contributed by atoms with E-state index in [0.717, 1.165) is 29.3 Å². The van der Waals surface area contributed by atoms with E-state index >= 15 is 0 Å². The molecule has 2 nitrogen and oxygen atoms in total. The van der Waals surface area contributed by atoms with E-state index in [4.69, 9.17) is 4.98 Å². The Kier molecular flexibility index (Phi) is 2.62. The van der Waals surface area contributed by atoms with Crippen LogP contribution in [0.4, 0.5) is 0 Å².